The molecule has 0 aliphatic carbocycles. The fourth-order valence-corrected chi connectivity index (χ4v) is 3.71. The van der Waals surface area contributed by atoms with Crippen molar-refractivity contribution in [1.82, 2.24) is 0 Å². The largest absolute Gasteiger partial charge is 0.497 e. The van der Waals surface area contributed by atoms with Crippen molar-refractivity contribution in [2.45, 2.75) is 18.6 Å². The molecular weight excluding hydrogens is 422 g/mol. The molecule has 1 fully saturated rings. The number of nitro benzene ring substituents is 1. The molecular formula is C20H19N5O5S. The predicted octanol–water partition coefficient (Wildman–Crippen LogP) is 2.71. The van der Waals surface area contributed by atoms with Crippen LogP contribution in [0.25, 0.3) is 0 Å². The molecule has 1 atom stereocenters. The molecule has 2 amide bonds. The van der Waals surface area contributed by atoms with E-state index in [2.05, 4.69) is 10.2 Å². The quantitative estimate of drug-likeness (QED) is 0.239. The second-order valence-electron chi connectivity index (χ2n) is 6.51. The Kier molecular flexibility index (Phi) is 6.65. The number of non-ortho nitro benzene ring substituents is 1. The Labute approximate surface area is 181 Å². The average molecular weight is 441 g/mol. The van der Waals surface area contributed by atoms with Crippen LogP contribution in [0.2, 0.25) is 0 Å². The first-order valence-corrected chi connectivity index (χ1v) is 9.98. The number of benzene rings is 2. The number of imide groups is 1. The van der Waals surface area contributed by atoms with Crippen LogP contribution >= 0.6 is 11.8 Å². The van der Waals surface area contributed by atoms with E-state index in [-0.39, 0.29) is 23.0 Å². The van der Waals surface area contributed by atoms with Crippen molar-refractivity contribution in [3.05, 3.63) is 64.2 Å². The van der Waals surface area contributed by atoms with Crippen LogP contribution in [0.3, 0.4) is 0 Å². The zero-order valence-electron chi connectivity index (χ0n) is 16.7. The maximum absolute atomic E-state index is 12.7. The Balaban J connectivity index is 1.71. The van der Waals surface area contributed by atoms with Crippen LogP contribution < -0.4 is 15.4 Å². The molecule has 3 rings (SSSR count). The number of methoxy groups -OCH3 is 1. The predicted molar refractivity (Wildman–Crippen MR) is 118 cm³/mol. The minimum absolute atomic E-state index is 0.0277. The number of hydrogen-bond acceptors (Lipinski definition) is 8. The van der Waals surface area contributed by atoms with Crippen molar-refractivity contribution in [2.24, 2.45) is 15.9 Å². The van der Waals surface area contributed by atoms with E-state index in [9.17, 15) is 19.7 Å². The number of anilines is 1. The summed E-state index contributed by atoms with van der Waals surface area (Å²) in [6.07, 6.45) is -0.0937. The zero-order chi connectivity index (χ0) is 22.5. The highest BCUT2D eigenvalue weighted by molar-refractivity contribution is 8.14. The first-order chi connectivity index (χ1) is 14.8. The molecule has 0 unspecified atom stereocenters. The van der Waals surface area contributed by atoms with Crippen LogP contribution in [-0.4, -0.2) is 40.0 Å². The first kappa shape index (κ1) is 22.0. The zero-order valence-corrected chi connectivity index (χ0v) is 17.5. The molecule has 1 heterocycles. The third-order valence-corrected chi connectivity index (χ3v) is 5.45. The van der Waals surface area contributed by atoms with E-state index in [1.807, 2.05) is 12.1 Å². The normalized spacial score (nSPS) is 17.2. The minimum atomic E-state index is -0.785. The van der Waals surface area contributed by atoms with Gasteiger partial charge in [0.05, 0.1) is 23.4 Å². The molecule has 1 aliphatic heterocycles. The van der Waals surface area contributed by atoms with Crippen LogP contribution in [-0.2, 0) is 9.59 Å². The number of nitrogens with two attached hydrogens (primary N) is 1. The molecule has 31 heavy (non-hydrogen) atoms. The molecule has 0 spiro atoms. The van der Waals surface area contributed by atoms with Gasteiger partial charge in [0.15, 0.2) is 5.17 Å². The number of hydrogen-bond donors (Lipinski definition) is 1. The van der Waals surface area contributed by atoms with Crippen LogP contribution in [0.15, 0.2) is 58.7 Å². The summed E-state index contributed by atoms with van der Waals surface area (Å²) in [4.78, 5) is 36.4. The molecule has 2 aromatic carbocycles. The monoisotopic (exact) mass is 441 g/mol. The topological polar surface area (TPSA) is 140 Å². The maximum atomic E-state index is 12.7. The van der Waals surface area contributed by atoms with Crippen LogP contribution in [0, 0.1) is 10.1 Å². The SMILES string of the molecule is COc1ccc(/C(C)=N\N=C(N)S[C@H]2CC(=O)N(c3cccc([N+](=O)[O-])c3)C2=O)cc1. The summed E-state index contributed by atoms with van der Waals surface area (Å²) in [5.41, 5.74) is 7.27. The van der Waals surface area contributed by atoms with Gasteiger partial charge in [0.1, 0.15) is 11.0 Å². The Hall–Kier alpha value is -3.73. The highest BCUT2D eigenvalue weighted by Gasteiger charge is 2.41. The van der Waals surface area contributed by atoms with E-state index in [1.54, 1.807) is 26.2 Å². The highest BCUT2D eigenvalue weighted by Crippen LogP contribution is 2.31. The second-order valence-corrected chi connectivity index (χ2v) is 7.73. The van der Waals surface area contributed by atoms with Crippen molar-refractivity contribution < 1.29 is 19.2 Å². The lowest BCUT2D eigenvalue weighted by Gasteiger charge is -2.14. The number of amidine groups is 1. The summed E-state index contributed by atoms with van der Waals surface area (Å²) in [6, 6.07) is 12.6. The Morgan fingerprint density at radius 1 is 1.23 bits per heavy atom. The lowest BCUT2D eigenvalue weighted by molar-refractivity contribution is -0.384. The van der Waals surface area contributed by atoms with Crippen molar-refractivity contribution >= 4 is 45.8 Å². The molecule has 2 aromatic rings. The van der Waals surface area contributed by atoms with Crippen LogP contribution in [0.1, 0.15) is 18.9 Å². The van der Waals surface area contributed by atoms with Crippen LogP contribution in [0.5, 0.6) is 5.75 Å². The van der Waals surface area contributed by atoms with Gasteiger partial charge in [0.25, 0.3) is 5.69 Å². The van der Waals surface area contributed by atoms with Gasteiger partial charge in [-0.3, -0.25) is 19.7 Å². The summed E-state index contributed by atoms with van der Waals surface area (Å²) in [7, 11) is 1.58. The van der Waals surface area contributed by atoms with E-state index in [0.717, 1.165) is 22.2 Å². The van der Waals surface area contributed by atoms with E-state index in [0.29, 0.717) is 11.5 Å². The molecule has 0 radical (unpaired) electrons. The minimum Gasteiger partial charge on any atom is -0.497 e. The Morgan fingerprint density at radius 2 is 1.94 bits per heavy atom. The fraction of sp³-hybridized carbons (Fsp3) is 0.200. The standard InChI is InChI=1S/C20H19N5O5S/c1-12(13-6-8-16(30-2)9-7-13)22-23-20(21)31-17-11-18(26)24(19(17)27)14-4-3-5-15(10-14)25(28)29/h3-10,17H,11H2,1-2H3,(H2,21,23)/b22-12-/t17-/m0/s1. The summed E-state index contributed by atoms with van der Waals surface area (Å²) in [5, 5.41) is 18.2. The molecule has 2 N–H and O–H groups in total. The summed E-state index contributed by atoms with van der Waals surface area (Å²) < 4.78 is 5.11. The fourth-order valence-electron chi connectivity index (χ4n) is 2.90. The number of ether oxygens (including phenoxy) is 1. The van der Waals surface area contributed by atoms with E-state index >= 15 is 0 Å². The number of carbonyl (C=O) groups excluding carboxylic acids is 2. The number of carbonyl (C=O) groups is 2. The van der Waals surface area contributed by atoms with Crippen LogP contribution in [0.4, 0.5) is 11.4 Å². The van der Waals surface area contributed by atoms with Gasteiger partial charge in [-0.05, 0) is 42.8 Å². The van der Waals surface area contributed by atoms with Crippen molar-refractivity contribution in [2.75, 3.05) is 12.0 Å². The van der Waals surface area contributed by atoms with Gasteiger partial charge in [-0.1, -0.05) is 17.8 Å². The molecule has 1 saturated heterocycles. The number of thioether (sulfide) groups is 1. The first-order valence-electron chi connectivity index (χ1n) is 9.10. The summed E-state index contributed by atoms with van der Waals surface area (Å²) in [6.45, 7) is 1.76. The molecule has 0 saturated carbocycles. The Morgan fingerprint density at radius 3 is 2.58 bits per heavy atom. The lowest BCUT2D eigenvalue weighted by Crippen LogP contribution is -2.31. The van der Waals surface area contributed by atoms with Gasteiger partial charge >= 0.3 is 0 Å². The van der Waals surface area contributed by atoms with E-state index < -0.39 is 22.0 Å². The molecule has 0 aromatic heterocycles. The molecule has 0 bridgehead atoms. The lowest BCUT2D eigenvalue weighted by atomic mass is 10.1. The second kappa shape index (κ2) is 9.39. The molecule has 10 nitrogen and oxygen atoms in total. The number of rotatable bonds is 6. The van der Waals surface area contributed by atoms with Gasteiger partial charge in [0, 0.05) is 18.6 Å². The molecule has 1 aliphatic rings. The number of nitro groups is 1. The van der Waals surface area contributed by atoms with Gasteiger partial charge in [0.2, 0.25) is 11.8 Å². The highest BCUT2D eigenvalue weighted by atomic mass is 32.2. The Bertz CT molecular complexity index is 1080. The van der Waals surface area contributed by atoms with Gasteiger partial charge in [-0.15, -0.1) is 5.10 Å². The average Bonchev–Trinajstić information content (AvgIpc) is 3.04. The van der Waals surface area contributed by atoms with Crippen molar-refractivity contribution in [1.29, 1.82) is 0 Å². The number of amides is 2. The van der Waals surface area contributed by atoms with Gasteiger partial charge in [-0.25, -0.2) is 4.90 Å². The van der Waals surface area contributed by atoms with Crippen molar-refractivity contribution in [3.8, 4) is 5.75 Å². The summed E-state index contributed by atoms with van der Waals surface area (Å²) in [5.74, 6) is -0.258. The molecule has 160 valence electrons. The van der Waals surface area contributed by atoms with Crippen molar-refractivity contribution in [3.63, 3.8) is 0 Å². The third-order valence-electron chi connectivity index (χ3n) is 4.47. The number of nitrogens with zero attached hydrogens (tertiary/aromatic N) is 4. The van der Waals surface area contributed by atoms with Gasteiger partial charge < -0.3 is 10.5 Å². The molecule has 11 heteroatoms. The smallest absolute Gasteiger partial charge is 0.271 e. The third kappa shape index (κ3) is 5.07. The van der Waals surface area contributed by atoms with E-state index in [4.69, 9.17) is 10.5 Å². The van der Waals surface area contributed by atoms with Gasteiger partial charge in [-0.2, -0.15) is 5.10 Å². The van der Waals surface area contributed by atoms with E-state index in [1.165, 1.54) is 24.3 Å². The maximum Gasteiger partial charge on any atom is 0.271 e. The summed E-state index contributed by atoms with van der Waals surface area (Å²) >= 11 is 0.926.